The Balaban J connectivity index is 1.57. The SMILES string of the molecule is COC(=O)C(=O)C(/C=N/C(=S)Nc1ccc(S(=O)(=O)Nc2nccs2)cc1)=C(\O)c1c(C)[nH]c2ccccc12. The van der Waals surface area contributed by atoms with E-state index in [0.717, 1.165) is 30.2 Å². The van der Waals surface area contributed by atoms with E-state index in [2.05, 4.69) is 29.7 Å². The molecule has 0 unspecified atom stereocenters. The molecule has 0 fully saturated rings. The predicted molar refractivity (Wildman–Crippen MR) is 154 cm³/mol. The highest BCUT2D eigenvalue weighted by atomic mass is 32.2. The number of thiocarbonyl (C=S) groups is 1. The molecular weight excluding hydrogens is 563 g/mol. The molecule has 4 aromatic rings. The molecule has 14 heteroatoms. The maximum absolute atomic E-state index is 12.8. The van der Waals surface area contributed by atoms with Crippen molar-refractivity contribution in [1.29, 1.82) is 0 Å². The zero-order valence-electron chi connectivity index (χ0n) is 20.5. The van der Waals surface area contributed by atoms with Crippen molar-refractivity contribution in [2.75, 3.05) is 17.1 Å². The number of hydrogen-bond acceptors (Lipinski definition) is 9. The number of ether oxygens (including phenoxy) is 1. The average molecular weight is 584 g/mol. The number of ketones is 1. The Bertz CT molecular complexity index is 1720. The van der Waals surface area contributed by atoms with Gasteiger partial charge in [-0.1, -0.05) is 18.2 Å². The number of carbonyl (C=O) groups is 2. The van der Waals surface area contributed by atoms with E-state index < -0.39 is 33.1 Å². The summed E-state index contributed by atoms with van der Waals surface area (Å²) in [5.41, 5.74) is 1.60. The summed E-state index contributed by atoms with van der Waals surface area (Å²) in [5, 5.41) is 16.3. The summed E-state index contributed by atoms with van der Waals surface area (Å²) < 4.78 is 31.9. The second kappa shape index (κ2) is 11.6. The van der Waals surface area contributed by atoms with Crippen molar-refractivity contribution < 1.29 is 27.9 Å². The van der Waals surface area contributed by atoms with E-state index in [1.807, 2.05) is 6.07 Å². The van der Waals surface area contributed by atoms with E-state index in [1.54, 1.807) is 30.5 Å². The van der Waals surface area contributed by atoms with Gasteiger partial charge in [0.1, 0.15) is 5.76 Å². The van der Waals surface area contributed by atoms with Gasteiger partial charge < -0.3 is 20.1 Å². The Labute approximate surface area is 232 Å². The molecule has 11 nitrogen and oxygen atoms in total. The van der Waals surface area contributed by atoms with Gasteiger partial charge in [-0.15, -0.1) is 11.3 Å². The Morgan fingerprint density at radius 2 is 1.90 bits per heavy atom. The number of methoxy groups -OCH3 is 1. The molecule has 0 amide bonds. The number of aliphatic hydroxyl groups is 1. The molecule has 0 saturated carbocycles. The standard InChI is InChI=1S/C25H21N5O6S3/c1-14-20(17-5-3-4-6-19(17)28-14)21(31)18(22(32)23(33)36-2)13-27-24(37)29-15-7-9-16(10-8-15)39(34,35)30-25-26-11-12-38-25/h3-13,28,31H,1-2H3,(H,26,30)(H,29,37)/b21-18-,27-13+. The highest BCUT2D eigenvalue weighted by molar-refractivity contribution is 7.93. The number of benzene rings is 2. The number of aromatic nitrogens is 2. The maximum Gasteiger partial charge on any atom is 0.379 e. The molecule has 0 spiro atoms. The van der Waals surface area contributed by atoms with Gasteiger partial charge in [0.2, 0.25) is 0 Å². The molecule has 2 heterocycles. The lowest BCUT2D eigenvalue weighted by molar-refractivity contribution is -0.149. The normalized spacial score (nSPS) is 12.3. The molecule has 200 valence electrons. The number of aliphatic imine (C=N–C) groups is 1. The summed E-state index contributed by atoms with van der Waals surface area (Å²) >= 11 is 6.37. The van der Waals surface area contributed by atoms with Crippen LogP contribution in [0, 0.1) is 6.92 Å². The van der Waals surface area contributed by atoms with Crippen LogP contribution in [0.2, 0.25) is 0 Å². The van der Waals surface area contributed by atoms with Crippen LogP contribution in [-0.2, 0) is 24.3 Å². The molecule has 0 aliphatic heterocycles. The third-order valence-corrected chi connectivity index (χ3v) is 7.76. The summed E-state index contributed by atoms with van der Waals surface area (Å²) in [6.07, 6.45) is 2.46. The van der Waals surface area contributed by atoms with Gasteiger partial charge in [-0.2, -0.15) is 0 Å². The first-order chi connectivity index (χ1) is 18.6. The molecule has 0 bridgehead atoms. The van der Waals surface area contributed by atoms with Crippen LogP contribution in [0.1, 0.15) is 11.3 Å². The minimum atomic E-state index is -3.83. The van der Waals surface area contributed by atoms with Crippen molar-refractivity contribution in [3.05, 3.63) is 76.9 Å². The first kappa shape index (κ1) is 27.6. The molecule has 0 radical (unpaired) electrons. The number of aromatic amines is 1. The summed E-state index contributed by atoms with van der Waals surface area (Å²) in [4.78, 5) is 35.8. The average Bonchev–Trinajstić information content (AvgIpc) is 3.54. The highest BCUT2D eigenvalue weighted by Gasteiger charge is 2.25. The number of sulfonamides is 1. The number of rotatable bonds is 8. The van der Waals surface area contributed by atoms with Gasteiger partial charge in [-0.25, -0.2) is 23.2 Å². The fraction of sp³-hybridized carbons (Fsp3) is 0.0800. The number of thiazole rings is 1. The summed E-state index contributed by atoms with van der Waals surface area (Å²) in [6.45, 7) is 1.71. The molecule has 0 saturated heterocycles. The molecule has 0 atom stereocenters. The topological polar surface area (TPSA) is 163 Å². The smallest absolute Gasteiger partial charge is 0.379 e. The number of esters is 1. The third-order valence-electron chi connectivity index (χ3n) is 5.38. The van der Waals surface area contributed by atoms with Gasteiger partial charge >= 0.3 is 5.97 Å². The Morgan fingerprint density at radius 1 is 1.18 bits per heavy atom. The van der Waals surface area contributed by atoms with Crippen molar-refractivity contribution in [2.45, 2.75) is 11.8 Å². The second-order valence-electron chi connectivity index (χ2n) is 7.91. The maximum atomic E-state index is 12.8. The predicted octanol–water partition coefficient (Wildman–Crippen LogP) is 4.21. The number of carbonyl (C=O) groups excluding carboxylic acids is 2. The minimum Gasteiger partial charge on any atom is -0.506 e. The lowest BCUT2D eigenvalue weighted by atomic mass is 10.0. The van der Waals surface area contributed by atoms with Crippen LogP contribution in [-0.4, -0.2) is 53.7 Å². The van der Waals surface area contributed by atoms with Gasteiger partial charge in [0, 0.05) is 45.6 Å². The van der Waals surface area contributed by atoms with Crippen molar-refractivity contribution in [3.8, 4) is 0 Å². The molecule has 0 aliphatic carbocycles. The van der Waals surface area contributed by atoms with Crippen LogP contribution in [0.25, 0.3) is 16.7 Å². The highest BCUT2D eigenvalue weighted by Crippen LogP contribution is 2.29. The molecule has 2 aromatic carbocycles. The van der Waals surface area contributed by atoms with E-state index in [-0.39, 0.29) is 15.1 Å². The van der Waals surface area contributed by atoms with Crippen LogP contribution in [0.5, 0.6) is 0 Å². The van der Waals surface area contributed by atoms with Gasteiger partial charge in [0.05, 0.1) is 17.6 Å². The van der Waals surface area contributed by atoms with Crippen LogP contribution < -0.4 is 10.0 Å². The van der Waals surface area contributed by atoms with Gasteiger partial charge in [0.25, 0.3) is 15.8 Å². The van der Waals surface area contributed by atoms with E-state index in [9.17, 15) is 23.1 Å². The molecular formula is C25H21N5O6S3. The quantitative estimate of drug-likeness (QED) is 0.0594. The second-order valence-corrected chi connectivity index (χ2v) is 10.9. The third kappa shape index (κ3) is 6.19. The number of fused-ring (bicyclic) bond motifs is 1. The minimum absolute atomic E-state index is 0.00517. The number of para-hydroxylation sites is 1. The van der Waals surface area contributed by atoms with Gasteiger partial charge in [-0.05, 0) is 49.5 Å². The molecule has 4 N–H and O–H groups in total. The first-order valence-corrected chi connectivity index (χ1v) is 13.9. The zero-order valence-corrected chi connectivity index (χ0v) is 22.9. The molecule has 0 aliphatic rings. The lowest BCUT2D eigenvalue weighted by Gasteiger charge is -2.08. The molecule has 39 heavy (non-hydrogen) atoms. The van der Waals surface area contributed by atoms with E-state index >= 15 is 0 Å². The van der Waals surface area contributed by atoms with Crippen LogP contribution in [0.15, 0.2) is 75.6 Å². The van der Waals surface area contributed by atoms with Crippen molar-refractivity contribution >= 4 is 84.1 Å². The number of nitrogens with zero attached hydrogens (tertiary/aromatic N) is 2. The zero-order chi connectivity index (χ0) is 28.2. The fourth-order valence-electron chi connectivity index (χ4n) is 3.59. The summed E-state index contributed by atoms with van der Waals surface area (Å²) in [5.74, 6) is -2.79. The Kier molecular flexibility index (Phi) is 8.18. The largest absolute Gasteiger partial charge is 0.506 e. The summed E-state index contributed by atoms with van der Waals surface area (Å²) in [7, 11) is -2.78. The van der Waals surface area contributed by atoms with Crippen LogP contribution >= 0.6 is 23.6 Å². The van der Waals surface area contributed by atoms with Crippen molar-refractivity contribution in [1.82, 2.24) is 9.97 Å². The number of anilines is 2. The molecule has 2 aromatic heterocycles. The van der Waals surface area contributed by atoms with Crippen molar-refractivity contribution in [3.63, 3.8) is 0 Å². The van der Waals surface area contributed by atoms with E-state index in [0.29, 0.717) is 22.3 Å². The van der Waals surface area contributed by atoms with E-state index in [4.69, 9.17) is 12.2 Å². The number of hydrogen-bond donors (Lipinski definition) is 4. The number of aryl methyl sites for hydroxylation is 1. The Morgan fingerprint density at radius 3 is 2.56 bits per heavy atom. The number of nitrogens with one attached hydrogen (secondary N) is 3. The number of Topliss-reactive ketones (excluding diaryl/α,β-unsaturated/α-hetero) is 1. The first-order valence-electron chi connectivity index (χ1n) is 11.1. The van der Waals surface area contributed by atoms with Gasteiger partial charge in [0.15, 0.2) is 10.2 Å². The van der Waals surface area contributed by atoms with Crippen LogP contribution in [0.4, 0.5) is 10.8 Å². The lowest BCUT2D eigenvalue weighted by Crippen LogP contribution is -2.20. The van der Waals surface area contributed by atoms with E-state index in [1.165, 1.54) is 30.5 Å². The fourth-order valence-corrected chi connectivity index (χ4v) is 5.55. The Hall–Kier alpha value is -4.40. The van der Waals surface area contributed by atoms with Crippen LogP contribution in [0.3, 0.4) is 0 Å². The number of aliphatic hydroxyl groups excluding tert-OH is 1. The summed E-state index contributed by atoms with van der Waals surface area (Å²) in [6, 6.07) is 12.8. The monoisotopic (exact) mass is 583 g/mol. The van der Waals surface area contributed by atoms with Crippen molar-refractivity contribution in [2.24, 2.45) is 4.99 Å². The molecule has 4 rings (SSSR count). The van der Waals surface area contributed by atoms with Gasteiger partial charge in [-0.3, -0.25) is 9.52 Å². The number of H-pyrrole nitrogens is 1.